The summed E-state index contributed by atoms with van der Waals surface area (Å²) in [4.78, 5) is 0. The minimum atomic E-state index is 0.0713. The maximum atomic E-state index is 9.46. The number of aromatic nitrogens is 2. The lowest BCUT2D eigenvalue weighted by atomic mass is 10.1. The molecule has 0 bridgehead atoms. The number of nitrogens with one attached hydrogen (secondary N) is 1. The van der Waals surface area contributed by atoms with Crippen molar-refractivity contribution in [1.82, 2.24) is 15.1 Å². The fourth-order valence-corrected chi connectivity index (χ4v) is 2.18. The number of aliphatic hydroxyl groups is 1. The van der Waals surface area contributed by atoms with Crippen LogP contribution >= 0.6 is 0 Å². The van der Waals surface area contributed by atoms with Gasteiger partial charge >= 0.3 is 0 Å². The zero-order chi connectivity index (χ0) is 13.7. The molecular formula is C15H21N3O. The van der Waals surface area contributed by atoms with E-state index >= 15 is 0 Å². The zero-order valence-corrected chi connectivity index (χ0v) is 11.5. The maximum Gasteiger partial charge on any atom is 0.0638 e. The third kappa shape index (κ3) is 3.91. The van der Waals surface area contributed by atoms with Crippen molar-refractivity contribution in [1.29, 1.82) is 0 Å². The van der Waals surface area contributed by atoms with E-state index in [9.17, 15) is 5.11 Å². The number of hydrogen-bond acceptors (Lipinski definition) is 3. The monoisotopic (exact) mass is 259 g/mol. The molecule has 0 aliphatic rings. The summed E-state index contributed by atoms with van der Waals surface area (Å²) >= 11 is 0. The Morgan fingerprint density at radius 2 is 2.05 bits per heavy atom. The van der Waals surface area contributed by atoms with Crippen molar-refractivity contribution in [3.05, 3.63) is 53.3 Å². The van der Waals surface area contributed by atoms with Crippen LogP contribution in [0.3, 0.4) is 0 Å². The fourth-order valence-electron chi connectivity index (χ4n) is 2.18. The third-order valence-corrected chi connectivity index (χ3v) is 3.24. The van der Waals surface area contributed by atoms with Crippen molar-refractivity contribution in [3.8, 4) is 0 Å². The predicted molar refractivity (Wildman–Crippen MR) is 75.8 cm³/mol. The molecule has 0 spiro atoms. The van der Waals surface area contributed by atoms with Gasteiger partial charge in [0.25, 0.3) is 0 Å². The van der Waals surface area contributed by atoms with Crippen molar-refractivity contribution in [2.45, 2.75) is 25.9 Å². The molecule has 0 aliphatic carbocycles. The van der Waals surface area contributed by atoms with E-state index in [0.29, 0.717) is 0 Å². The summed E-state index contributed by atoms with van der Waals surface area (Å²) in [5, 5.41) is 17.2. The molecule has 0 fully saturated rings. The van der Waals surface area contributed by atoms with Gasteiger partial charge in [-0.15, -0.1) is 0 Å². The van der Waals surface area contributed by atoms with Crippen LogP contribution in [0.1, 0.15) is 16.8 Å². The molecule has 0 radical (unpaired) electrons. The molecule has 0 unspecified atom stereocenters. The number of nitrogens with zero attached hydrogens (tertiary/aromatic N) is 2. The average Bonchev–Trinajstić information content (AvgIpc) is 2.74. The zero-order valence-electron chi connectivity index (χ0n) is 11.5. The quantitative estimate of drug-likeness (QED) is 0.825. The largest absolute Gasteiger partial charge is 0.395 e. The van der Waals surface area contributed by atoms with Crippen molar-refractivity contribution >= 4 is 0 Å². The highest BCUT2D eigenvalue weighted by molar-refractivity contribution is 5.17. The highest BCUT2D eigenvalue weighted by atomic mass is 16.3. The second-order valence-electron chi connectivity index (χ2n) is 4.86. The van der Waals surface area contributed by atoms with Crippen LogP contribution in [0, 0.1) is 6.92 Å². The molecule has 1 heterocycles. The van der Waals surface area contributed by atoms with E-state index in [0.717, 1.165) is 18.7 Å². The van der Waals surface area contributed by atoms with Crippen LogP contribution in [0.25, 0.3) is 0 Å². The number of aryl methyl sites for hydroxylation is 2. The molecule has 2 N–H and O–H groups in total. The Morgan fingerprint density at radius 1 is 1.32 bits per heavy atom. The van der Waals surface area contributed by atoms with Gasteiger partial charge < -0.3 is 10.4 Å². The summed E-state index contributed by atoms with van der Waals surface area (Å²) in [6, 6.07) is 10.3. The first-order chi connectivity index (χ1) is 9.19. The molecule has 2 aromatic rings. The average molecular weight is 259 g/mol. The van der Waals surface area contributed by atoms with E-state index in [4.69, 9.17) is 0 Å². The molecule has 19 heavy (non-hydrogen) atoms. The van der Waals surface area contributed by atoms with E-state index in [2.05, 4.69) is 22.5 Å². The van der Waals surface area contributed by atoms with E-state index in [1.807, 2.05) is 43.0 Å². The van der Waals surface area contributed by atoms with Gasteiger partial charge in [-0.2, -0.15) is 5.10 Å². The van der Waals surface area contributed by atoms with Crippen LogP contribution in [-0.2, 0) is 20.0 Å². The van der Waals surface area contributed by atoms with E-state index in [1.165, 1.54) is 11.1 Å². The van der Waals surface area contributed by atoms with Crippen molar-refractivity contribution in [2.75, 3.05) is 6.61 Å². The van der Waals surface area contributed by atoms with Gasteiger partial charge in [-0.3, -0.25) is 4.68 Å². The Balaban J connectivity index is 1.91. The molecule has 0 saturated heterocycles. The van der Waals surface area contributed by atoms with Gasteiger partial charge in [-0.1, -0.05) is 30.3 Å². The Hall–Kier alpha value is -1.65. The van der Waals surface area contributed by atoms with Gasteiger partial charge in [0.2, 0.25) is 0 Å². The lowest BCUT2D eigenvalue weighted by Gasteiger charge is -2.16. The van der Waals surface area contributed by atoms with E-state index < -0.39 is 0 Å². The SMILES string of the molecule is Cc1nn(C)cc1CN[C@@H](CO)Cc1ccccc1. The smallest absolute Gasteiger partial charge is 0.0638 e. The number of rotatable bonds is 6. The van der Waals surface area contributed by atoms with Crippen molar-refractivity contribution < 1.29 is 5.11 Å². The fraction of sp³-hybridized carbons (Fsp3) is 0.400. The highest BCUT2D eigenvalue weighted by Gasteiger charge is 2.09. The van der Waals surface area contributed by atoms with Gasteiger partial charge in [-0.05, 0) is 18.9 Å². The van der Waals surface area contributed by atoms with Gasteiger partial charge in [0.1, 0.15) is 0 Å². The maximum absolute atomic E-state index is 9.46. The molecule has 4 heteroatoms. The predicted octanol–water partition coefficient (Wildman–Crippen LogP) is 1.42. The van der Waals surface area contributed by atoms with Gasteiger partial charge in [0, 0.05) is 31.4 Å². The lowest BCUT2D eigenvalue weighted by molar-refractivity contribution is 0.240. The third-order valence-electron chi connectivity index (χ3n) is 3.24. The van der Waals surface area contributed by atoms with Crippen LogP contribution in [0.5, 0.6) is 0 Å². The minimum absolute atomic E-state index is 0.0713. The van der Waals surface area contributed by atoms with Crippen LogP contribution in [0.15, 0.2) is 36.5 Å². The molecule has 0 amide bonds. The normalized spacial score (nSPS) is 12.6. The molecule has 102 valence electrons. The summed E-state index contributed by atoms with van der Waals surface area (Å²) in [6.45, 7) is 2.87. The van der Waals surface area contributed by atoms with Gasteiger partial charge in [0.05, 0.1) is 12.3 Å². The van der Waals surface area contributed by atoms with E-state index in [1.54, 1.807) is 0 Å². The van der Waals surface area contributed by atoms with Crippen LogP contribution in [0.4, 0.5) is 0 Å². The summed E-state index contributed by atoms with van der Waals surface area (Å²) in [7, 11) is 1.92. The van der Waals surface area contributed by atoms with Crippen molar-refractivity contribution in [2.24, 2.45) is 7.05 Å². The minimum Gasteiger partial charge on any atom is -0.395 e. The second-order valence-corrected chi connectivity index (χ2v) is 4.86. The topological polar surface area (TPSA) is 50.1 Å². The highest BCUT2D eigenvalue weighted by Crippen LogP contribution is 2.07. The summed E-state index contributed by atoms with van der Waals surface area (Å²) in [6.07, 6.45) is 2.84. The lowest BCUT2D eigenvalue weighted by Crippen LogP contribution is -2.34. The van der Waals surface area contributed by atoms with E-state index in [-0.39, 0.29) is 12.6 Å². The second kappa shape index (κ2) is 6.50. The molecular weight excluding hydrogens is 238 g/mol. The standard InChI is InChI=1S/C15H21N3O/c1-12-14(10-18(2)17-12)9-16-15(11-19)8-13-6-4-3-5-7-13/h3-7,10,15-16,19H,8-9,11H2,1-2H3/t15-/m1/s1. The van der Waals surface area contributed by atoms with Crippen LogP contribution in [-0.4, -0.2) is 27.5 Å². The summed E-state index contributed by atoms with van der Waals surface area (Å²) < 4.78 is 1.82. The Bertz CT molecular complexity index is 507. The molecule has 1 atom stereocenters. The molecule has 1 aromatic heterocycles. The molecule has 2 rings (SSSR count). The van der Waals surface area contributed by atoms with Crippen LogP contribution < -0.4 is 5.32 Å². The van der Waals surface area contributed by atoms with Gasteiger partial charge in [0.15, 0.2) is 0 Å². The number of hydrogen-bond donors (Lipinski definition) is 2. The first-order valence-electron chi connectivity index (χ1n) is 6.56. The summed E-state index contributed by atoms with van der Waals surface area (Å²) in [5.74, 6) is 0. The first-order valence-corrected chi connectivity index (χ1v) is 6.56. The molecule has 0 aliphatic heterocycles. The molecule has 4 nitrogen and oxygen atoms in total. The number of benzene rings is 1. The Kier molecular flexibility index (Phi) is 4.71. The number of aliphatic hydroxyl groups excluding tert-OH is 1. The Labute approximate surface area is 114 Å². The summed E-state index contributed by atoms with van der Waals surface area (Å²) in [5.41, 5.74) is 3.44. The van der Waals surface area contributed by atoms with Crippen LogP contribution in [0.2, 0.25) is 0 Å². The molecule has 1 aromatic carbocycles. The van der Waals surface area contributed by atoms with Crippen molar-refractivity contribution in [3.63, 3.8) is 0 Å². The Morgan fingerprint density at radius 3 is 2.63 bits per heavy atom. The molecule has 0 saturated carbocycles. The van der Waals surface area contributed by atoms with Gasteiger partial charge in [-0.25, -0.2) is 0 Å². The first kappa shape index (κ1) is 13.8.